The molecule has 0 aliphatic carbocycles. The first-order chi connectivity index (χ1) is 14.6. The SMILES string of the molecule is CCNC(=NCc1ccc(CN2CCC(C)CC2)cc1)NCC1(CCO)CCOC1.I. The number of halogens is 1. The van der Waals surface area contributed by atoms with Crippen molar-refractivity contribution in [2.75, 3.05) is 46.0 Å². The molecule has 1 unspecified atom stereocenters. The van der Waals surface area contributed by atoms with Crippen LogP contribution in [0.4, 0.5) is 0 Å². The predicted molar refractivity (Wildman–Crippen MR) is 138 cm³/mol. The van der Waals surface area contributed by atoms with Crippen LogP contribution in [0, 0.1) is 11.3 Å². The van der Waals surface area contributed by atoms with Crippen molar-refractivity contribution < 1.29 is 9.84 Å². The number of nitrogens with one attached hydrogen (secondary N) is 2. The van der Waals surface area contributed by atoms with E-state index in [2.05, 4.69) is 53.6 Å². The molecule has 1 aromatic rings. The van der Waals surface area contributed by atoms with E-state index in [-0.39, 0.29) is 36.0 Å². The number of guanidine groups is 1. The van der Waals surface area contributed by atoms with Gasteiger partial charge >= 0.3 is 0 Å². The van der Waals surface area contributed by atoms with Crippen molar-refractivity contribution in [1.82, 2.24) is 15.5 Å². The summed E-state index contributed by atoms with van der Waals surface area (Å²) in [7, 11) is 0. The lowest BCUT2D eigenvalue weighted by atomic mass is 9.84. The van der Waals surface area contributed by atoms with Crippen molar-refractivity contribution in [3.63, 3.8) is 0 Å². The van der Waals surface area contributed by atoms with E-state index in [4.69, 9.17) is 9.73 Å². The molecule has 2 fully saturated rings. The van der Waals surface area contributed by atoms with Gasteiger partial charge in [0.15, 0.2) is 5.96 Å². The minimum absolute atomic E-state index is 0. The molecule has 1 aromatic carbocycles. The standard InChI is InChI=1S/C24H40N4O2.HI/c1-3-25-23(27-18-24(10-14-29)11-15-30-19-24)26-16-21-4-6-22(7-5-21)17-28-12-8-20(2)9-13-28;/h4-7,20,29H,3,8-19H2,1-2H3,(H2,25,26,27);1H. The van der Waals surface area contributed by atoms with Crippen LogP contribution in [0.1, 0.15) is 50.7 Å². The molecule has 3 N–H and O–H groups in total. The number of aliphatic imine (C=N–C) groups is 1. The number of rotatable bonds is 9. The third kappa shape index (κ3) is 8.51. The number of piperidine rings is 1. The van der Waals surface area contributed by atoms with E-state index in [9.17, 15) is 5.11 Å². The lowest BCUT2D eigenvalue weighted by Crippen LogP contribution is -2.44. The molecule has 0 saturated carbocycles. The molecule has 2 aliphatic rings. The average Bonchev–Trinajstić information content (AvgIpc) is 3.22. The third-order valence-electron chi connectivity index (χ3n) is 6.53. The number of benzene rings is 1. The third-order valence-corrected chi connectivity index (χ3v) is 6.53. The first kappa shape index (κ1) is 26.4. The quantitative estimate of drug-likeness (QED) is 0.253. The zero-order valence-corrected chi connectivity index (χ0v) is 21.6. The van der Waals surface area contributed by atoms with Crippen LogP contribution in [0.2, 0.25) is 0 Å². The van der Waals surface area contributed by atoms with E-state index in [1.807, 2.05) is 0 Å². The Kier molecular flexibility index (Phi) is 11.6. The monoisotopic (exact) mass is 544 g/mol. The molecule has 2 heterocycles. The highest BCUT2D eigenvalue weighted by Crippen LogP contribution is 2.31. The molecular weight excluding hydrogens is 503 g/mol. The van der Waals surface area contributed by atoms with E-state index in [0.29, 0.717) is 13.2 Å². The Balaban J connectivity index is 0.00000341. The maximum absolute atomic E-state index is 9.42. The van der Waals surface area contributed by atoms with Gasteiger partial charge in [-0.3, -0.25) is 4.90 Å². The summed E-state index contributed by atoms with van der Waals surface area (Å²) in [6.07, 6.45) is 4.38. The van der Waals surface area contributed by atoms with Gasteiger partial charge in [-0.05, 0) is 62.7 Å². The highest BCUT2D eigenvalue weighted by atomic mass is 127. The fourth-order valence-electron chi connectivity index (χ4n) is 4.32. The molecule has 2 saturated heterocycles. The average molecular weight is 545 g/mol. The number of aliphatic hydroxyl groups is 1. The summed E-state index contributed by atoms with van der Waals surface area (Å²) in [4.78, 5) is 7.34. The van der Waals surface area contributed by atoms with Gasteiger partial charge in [0, 0.05) is 38.3 Å². The molecule has 0 spiro atoms. The zero-order chi connectivity index (χ0) is 21.2. The number of hydrogen-bond donors (Lipinski definition) is 3. The van der Waals surface area contributed by atoms with Gasteiger partial charge < -0.3 is 20.5 Å². The van der Waals surface area contributed by atoms with Crippen molar-refractivity contribution in [2.24, 2.45) is 16.3 Å². The van der Waals surface area contributed by atoms with Gasteiger partial charge in [-0.25, -0.2) is 4.99 Å². The largest absolute Gasteiger partial charge is 0.396 e. The Morgan fingerprint density at radius 2 is 1.90 bits per heavy atom. The van der Waals surface area contributed by atoms with Crippen LogP contribution in [-0.2, 0) is 17.8 Å². The van der Waals surface area contributed by atoms with Crippen molar-refractivity contribution in [1.29, 1.82) is 0 Å². The van der Waals surface area contributed by atoms with Gasteiger partial charge in [-0.15, -0.1) is 24.0 Å². The molecule has 6 nitrogen and oxygen atoms in total. The van der Waals surface area contributed by atoms with Crippen LogP contribution in [0.15, 0.2) is 29.3 Å². The number of likely N-dealkylation sites (tertiary alicyclic amines) is 1. The molecule has 7 heteroatoms. The van der Waals surface area contributed by atoms with E-state index in [1.54, 1.807) is 0 Å². The van der Waals surface area contributed by atoms with Crippen LogP contribution in [0.3, 0.4) is 0 Å². The van der Waals surface area contributed by atoms with Crippen molar-refractivity contribution >= 4 is 29.9 Å². The first-order valence-electron chi connectivity index (χ1n) is 11.6. The predicted octanol–water partition coefficient (Wildman–Crippen LogP) is 3.38. The summed E-state index contributed by atoms with van der Waals surface area (Å²) >= 11 is 0. The molecule has 31 heavy (non-hydrogen) atoms. The second-order valence-corrected chi connectivity index (χ2v) is 9.10. The molecule has 0 aromatic heterocycles. The van der Waals surface area contributed by atoms with Crippen molar-refractivity contribution in [2.45, 2.75) is 52.6 Å². The Morgan fingerprint density at radius 1 is 1.19 bits per heavy atom. The van der Waals surface area contributed by atoms with E-state index < -0.39 is 0 Å². The summed E-state index contributed by atoms with van der Waals surface area (Å²) in [6.45, 7) is 11.8. The lowest BCUT2D eigenvalue weighted by Gasteiger charge is -2.30. The van der Waals surface area contributed by atoms with Crippen LogP contribution >= 0.6 is 24.0 Å². The summed E-state index contributed by atoms with van der Waals surface area (Å²) in [6, 6.07) is 8.89. The first-order valence-corrected chi connectivity index (χ1v) is 11.6. The Hall–Kier alpha value is -0.900. The zero-order valence-electron chi connectivity index (χ0n) is 19.2. The van der Waals surface area contributed by atoms with Gasteiger partial charge in [-0.1, -0.05) is 31.2 Å². The van der Waals surface area contributed by atoms with E-state index in [1.165, 1.54) is 37.1 Å². The second-order valence-electron chi connectivity index (χ2n) is 9.10. The molecular formula is C24H41IN4O2. The topological polar surface area (TPSA) is 69.1 Å². The molecule has 3 rings (SSSR count). The van der Waals surface area contributed by atoms with Gasteiger partial charge in [0.25, 0.3) is 0 Å². The van der Waals surface area contributed by atoms with Crippen LogP contribution < -0.4 is 10.6 Å². The van der Waals surface area contributed by atoms with Gasteiger partial charge in [0.1, 0.15) is 0 Å². The van der Waals surface area contributed by atoms with Crippen LogP contribution in [0.25, 0.3) is 0 Å². The highest BCUT2D eigenvalue weighted by molar-refractivity contribution is 14.0. The minimum Gasteiger partial charge on any atom is -0.396 e. The van der Waals surface area contributed by atoms with Crippen molar-refractivity contribution in [3.05, 3.63) is 35.4 Å². The smallest absolute Gasteiger partial charge is 0.191 e. The number of nitrogens with zero attached hydrogens (tertiary/aromatic N) is 2. The minimum atomic E-state index is 0. The number of aliphatic hydroxyl groups excluding tert-OH is 1. The number of ether oxygens (including phenoxy) is 1. The summed E-state index contributed by atoms with van der Waals surface area (Å²) in [5.74, 6) is 1.70. The maximum atomic E-state index is 9.42. The lowest BCUT2D eigenvalue weighted by molar-refractivity contribution is 0.127. The maximum Gasteiger partial charge on any atom is 0.191 e. The Morgan fingerprint density at radius 3 is 2.52 bits per heavy atom. The Bertz CT molecular complexity index is 654. The second kappa shape index (κ2) is 13.6. The summed E-state index contributed by atoms with van der Waals surface area (Å²) in [5.41, 5.74) is 2.62. The van der Waals surface area contributed by atoms with Gasteiger partial charge in [0.2, 0.25) is 0 Å². The highest BCUT2D eigenvalue weighted by Gasteiger charge is 2.34. The normalized spacial score (nSPS) is 22.9. The molecule has 0 radical (unpaired) electrons. The van der Waals surface area contributed by atoms with Gasteiger partial charge in [-0.2, -0.15) is 0 Å². The molecule has 0 bridgehead atoms. The fourth-order valence-corrected chi connectivity index (χ4v) is 4.32. The van der Waals surface area contributed by atoms with Gasteiger partial charge in [0.05, 0.1) is 13.2 Å². The number of hydrogen-bond acceptors (Lipinski definition) is 4. The van der Waals surface area contributed by atoms with Crippen molar-refractivity contribution in [3.8, 4) is 0 Å². The Labute approximate surface area is 205 Å². The summed E-state index contributed by atoms with van der Waals surface area (Å²) < 4.78 is 5.59. The fraction of sp³-hybridized carbons (Fsp3) is 0.708. The van der Waals surface area contributed by atoms with Crippen LogP contribution in [0.5, 0.6) is 0 Å². The summed E-state index contributed by atoms with van der Waals surface area (Å²) in [5, 5.41) is 16.2. The molecule has 176 valence electrons. The molecule has 2 aliphatic heterocycles. The molecule has 1 atom stereocenters. The molecule has 0 amide bonds. The van der Waals surface area contributed by atoms with E-state index >= 15 is 0 Å². The van der Waals surface area contributed by atoms with E-state index in [0.717, 1.165) is 51.0 Å². The van der Waals surface area contributed by atoms with Crippen LogP contribution in [-0.4, -0.2) is 62.0 Å².